The van der Waals surface area contributed by atoms with E-state index in [1.807, 2.05) is 24.3 Å². The minimum Gasteiger partial charge on any atom is -0.481 e. The van der Waals surface area contributed by atoms with Crippen LogP contribution in [0, 0.1) is 0 Å². The van der Waals surface area contributed by atoms with Crippen molar-refractivity contribution in [1.29, 1.82) is 0 Å². The number of nitrogens with zero attached hydrogens (tertiary/aromatic N) is 1. The number of benzene rings is 1. The maximum atomic E-state index is 11.8. The Labute approximate surface area is 117 Å². The van der Waals surface area contributed by atoms with E-state index in [9.17, 15) is 9.59 Å². The van der Waals surface area contributed by atoms with Gasteiger partial charge < -0.3 is 9.84 Å². The van der Waals surface area contributed by atoms with E-state index in [1.54, 1.807) is 12.3 Å². The SMILES string of the molecule is COC(=O)N1C=CCCC1c1ccccc1CC(=O)O. The molecule has 0 saturated carbocycles. The van der Waals surface area contributed by atoms with Crippen LogP contribution < -0.4 is 0 Å². The highest BCUT2D eigenvalue weighted by Crippen LogP contribution is 2.32. The third-order valence-electron chi connectivity index (χ3n) is 3.35. The number of carboxylic acids is 1. The first-order valence-electron chi connectivity index (χ1n) is 6.46. The van der Waals surface area contributed by atoms with Crippen molar-refractivity contribution in [2.45, 2.75) is 25.3 Å². The van der Waals surface area contributed by atoms with Gasteiger partial charge in [-0.2, -0.15) is 0 Å². The molecule has 1 N–H and O–H groups in total. The molecule has 1 aromatic rings. The molecule has 1 amide bonds. The van der Waals surface area contributed by atoms with Crippen molar-refractivity contribution < 1.29 is 19.4 Å². The van der Waals surface area contributed by atoms with Crippen LogP contribution in [0.3, 0.4) is 0 Å². The maximum absolute atomic E-state index is 11.8. The Hall–Kier alpha value is -2.30. The molecule has 5 nitrogen and oxygen atoms in total. The van der Waals surface area contributed by atoms with Crippen molar-refractivity contribution in [3.63, 3.8) is 0 Å². The molecule has 5 heteroatoms. The number of hydrogen-bond donors (Lipinski definition) is 1. The summed E-state index contributed by atoms with van der Waals surface area (Å²) in [5, 5.41) is 8.99. The van der Waals surface area contributed by atoms with Gasteiger partial charge >= 0.3 is 12.1 Å². The van der Waals surface area contributed by atoms with Crippen LogP contribution in [0.15, 0.2) is 36.5 Å². The Balaban J connectivity index is 2.36. The number of carbonyl (C=O) groups is 2. The minimum absolute atomic E-state index is 0.0502. The topological polar surface area (TPSA) is 66.8 Å². The lowest BCUT2D eigenvalue weighted by Gasteiger charge is -2.31. The molecule has 1 aliphatic heterocycles. The lowest BCUT2D eigenvalue weighted by Crippen LogP contribution is -2.32. The molecule has 0 saturated heterocycles. The van der Waals surface area contributed by atoms with Crippen LogP contribution in [-0.2, 0) is 16.0 Å². The van der Waals surface area contributed by atoms with Gasteiger partial charge in [-0.3, -0.25) is 9.69 Å². The Kier molecular flexibility index (Phi) is 4.40. The zero-order valence-corrected chi connectivity index (χ0v) is 11.3. The largest absolute Gasteiger partial charge is 0.481 e. The summed E-state index contributed by atoms with van der Waals surface area (Å²) in [6.07, 6.45) is 4.73. The smallest absolute Gasteiger partial charge is 0.414 e. The summed E-state index contributed by atoms with van der Waals surface area (Å²) < 4.78 is 4.78. The molecule has 1 aliphatic rings. The van der Waals surface area contributed by atoms with Crippen molar-refractivity contribution >= 4 is 12.1 Å². The Bertz CT molecular complexity index is 538. The molecule has 106 valence electrons. The summed E-state index contributed by atoms with van der Waals surface area (Å²) in [5.41, 5.74) is 1.60. The predicted octanol–water partition coefficient (Wildman–Crippen LogP) is 2.73. The van der Waals surface area contributed by atoms with Gasteiger partial charge in [-0.25, -0.2) is 4.79 Å². The lowest BCUT2D eigenvalue weighted by atomic mass is 9.93. The highest BCUT2D eigenvalue weighted by molar-refractivity contribution is 5.72. The van der Waals surface area contributed by atoms with Gasteiger partial charge in [-0.05, 0) is 24.0 Å². The number of amides is 1. The summed E-state index contributed by atoms with van der Waals surface area (Å²) in [7, 11) is 1.34. The second-order valence-electron chi connectivity index (χ2n) is 4.62. The number of hydrogen-bond acceptors (Lipinski definition) is 3. The molecule has 2 rings (SSSR count). The van der Waals surface area contributed by atoms with E-state index in [2.05, 4.69) is 0 Å². The molecular weight excluding hydrogens is 258 g/mol. The molecular formula is C15H17NO4. The minimum atomic E-state index is -0.881. The Morgan fingerprint density at radius 2 is 2.15 bits per heavy atom. The molecule has 0 aliphatic carbocycles. The third kappa shape index (κ3) is 2.99. The maximum Gasteiger partial charge on any atom is 0.414 e. The van der Waals surface area contributed by atoms with Crippen molar-refractivity contribution in [3.8, 4) is 0 Å². The average Bonchev–Trinajstić information content (AvgIpc) is 2.46. The van der Waals surface area contributed by atoms with Crippen LogP contribution >= 0.6 is 0 Å². The Morgan fingerprint density at radius 3 is 2.85 bits per heavy atom. The molecule has 0 radical (unpaired) electrons. The first-order valence-corrected chi connectivity index (χ1v) is 6.46. The predicted molar refractivity (Wildman–Crippen MR) is 73.1 cm³/mol. The van der Waals surface area contributed by atoms with Gasteiger partial charge in [0.1, 0.15) is 0 Å². The second kappa shape index (κ2) is 6.23. The molecule has 1 atom stereocenters. The molecule has 0 fully saturated rings. The number of ether oxygens (including phenoxy) is 1. The summed E-state index contributed by atoms with van der Waals surface area (Å²) in [5.74, 6) is -0.881. The van der Waals surface area contributed by atoms with E-state index in [4.69, 9.17) is 9.84 Å². The zero-order chi connectivity index (χ0) is 14.5. The summed E-state index contributed by atoms with van der Waals surface area (Å²) in [6, 6.07) is 7.15. The first-order chi connectivity index (χ1) is 9.63. The molecule has 0 bridgehead atoms. The number of carbonyl (C=O) groups excluding carboxylic acids is 1. The molecule has 1 aromatic carbocycles. The van der Waals surface area contributed by atoms with Gasteiger partial charge in [0.15, 0.2) is 0 Å². The van der Waals surface area contributed by atoms with Crippen molar-refractivity contribution in [3.05, 3.63) is 47.7 Å². The normalized spacial score (nSPS) is 17.9. The van der Waals surface area contributed by atoms with Gasteiger partial charge in [-0.15, -0.1) is 0 Å². The Morgan fingerprint density at radius 1 is 1.40 bits per heavy atom. The number of aliphatic carboxylic acids is 1. The zero-order valence-electron chi connectivity index (χ0n) is 11.3. The summed E-state index contributed by atoms with van der Waals surface area (Å²) >= 11 is 0. The van der Waals surface area contributed by atoms with Crippen LogP contribution in [0.2, 0.25) is 0 Å². The van der Waals surface area contributed by atoms with Crippen LogP contribution in [-0.4, -0.2) is 29.2 Å². The van der Waals surface area contributed by atoms with E-state index in [0.717, 1.165) is 24.0 Å². The van der Waals surface area contributed by atoms with Gasteiger partial charge in [0.2, 0.25) is 0 Å². The number of allylic oxidation sites excluding steroid dienone is 1. The van der Waals surface area contributed by atoms with Gasteiger partial charge in [-0.1, -0.05) is 30.3 Å². The van der Waals surface area contributed by atoms with Crippen LogP contribution in [0.25, 0.3) is 0 Å². The van der Waals surface area contributed by atoms with Crippen molar-refractivity contribution in [1.82, 2.24) is 4.90 Å². The van der Waals surface area contributed by atoms with E-state index in [1.165, 1.54) is 12.0 Å². The fourth-order valence-corrected chi connectivity index (χ4v) is 2.47. The van der Waals surface area contributed by atoms with Crippen molar-refractivity contribution in [2.75, 3.05) is 7.11 Å². The van der Waals surface area contributed by atoms with Gasteiger partial charge in [0.05, 0.1) is 19.6 Å². The molecule has 20 heavy (non-hydrogen) atoms. The lowest BCUT2D eigenvalue weighted by molar-refractivity contribution is -0.136. The monoisotopic (exact) mass is 275 g/mol. The fourth-order valence-electron chi connectivity index (χ4n) is 2.47. The highest BCUT2D eigenvalue weighted by atomic mass is 16.5. The highest BCUT2D eigenvalue weighted by Gasteiger charge is 2.27. The van der Waals surface area contributed by atoms with E-state index in [0.29, 0.717) is 0 Å². The summed E-state index contributed by atoms with van der Waals surface area (Å²) in [6.45, 7) is 0. The van der Waals surface area contributed by atoms with E-state index >= 15 is 0 Å². The molecule has 0 spiro atoms. The second-order valence-corrected chi connectivity index (χ2v) is 4.62. The van der Waals surface area contributed by atoms with Crippen molar-refractivity contribution in [2.24, 2.45) is 0 Å². The molecule has 1 heterocycles. The third-order valence-corrected chi connectivity index (χ3v) is 3.35. The average molecular weight is 275 g/mol. The van der Waals surface area contributed by atoms with Gasteiger partial charge in [0, 0.05) is 6.20 Å². The molecule has 0 aromatic heterocycles. The van der Waals surface area contributed by atoms with Crippen LogP contribution in [0.1, 0.15) is 30.0 Å². The quantitative estimate of drug-likeness (QED) is 0.921. The summed E-state index contributed by atoms with van der Waals surface area (Å²) in [4.78, 5) is 24.3. The number of rotatable bonds is 3. The van der Waals surface area contributed by atoms with E-state index in [-0.39, 0.29) is 12.5 Å². The molecule has 1 unspecified atom stereocenters. The van der Waals surface area contributed by atoms with E-state index < -0.39 is 12.1 Å². The fraction of sp³-hybridized carbons (Fsp3) is 0.333. The number of carboxylic acid groups (broad SMARTS) is 1. The standard InChI is InChI=1S/C15H17NO4/c1-20-15(19)16-9-5-4-8-13(16)12-7-3-2-6-11(12)10-14(17)18/h2-3,5-7,9,13H,4,8,10H2,1H3,(H,17,18). The number of methoxy groups -OCH3 is 1. The van der Waals surface area contributed by atoms with Crippen LogP contribution in [0.5, 0.6) is 0 Å². The van der Waals surface area contributed by atoms with Gasteiger partial charge in [0.25, 0.3) is 0 Å². The first kappa shape index (κ1) is 14.1. The van der Waals surface area contributed by atoms with Crippen LogP contribution in [0.4, 0.5) is 4.79 Å².